The Hall–Kier alpha value is -1.42. The second-order valence-corrected chi connectivity index (χ2v) is 5.16. The minimum atomic E-state index is -0.572. The zero-order chi connectivity index (χ0) is 13.7. The Balaban J connectivity index is 1.82. The molecule has 1 saturated carbocycles. The van der Waals surface area contributed by atoms with Crippen LogP contribution in [0.5, 0.6) is 5.75 Å². The lowest BCUT2D eigenvalue weighted by Gasteiger charge is -2.16. The summed E-state index contributed by atoms with van der Waals surface area (Å²) in [5.41, 5.74) is 0.274. The standard InChI is InChI=1S/C15H19FO3/c16-14-8-12(9-17)5-6-15(14)19-10-13(18)7-11-3-1-2-4-11/h5-6,8-9,11,13,18H,1-4,7,10H2. The van der Waals surface area contributed by atoms with E-state index < -0.39 is 11.9 Å². The molecule has 1 fully saturated rings. The number of ether oxygens (including phenoxy) is 1. The summed E-state index contributed by atoms with van der Waals surface area (Å²) < 4.78 is 18.8. The fourth-order valence-corrected chi connectivity index (χ4v) is 2.59. The second kappa shape index (κ2) is 6.66. The van der Waals surface area contributed by atoms with Crippen molar-refractivity contribution in [2.75, 3.05) is 6.61 Å². The highest BCUT2D eigenvalue weighted by Gasteiger charge is 2.19. The van der Waals surface area contributed by atoms with E-state index in [0.717, 1.165) is 6.07 Å². The molecule has 1 aromatic carbocycles. The molecular formula is C15H19FO3. The van der Waals surface area contributed by atoms with Crippen molar-refractivity contribution in [3.8, 4) is 5.75 Å². The first-order valence-electron chi connectivity index (χ1n) is 6.74. The Labute approximate surface area is 112 Å². The molecule has 0 spiro atoms. The molecule has 0 heterocycles. The summed E-state index contributed by atoms with van der Waals surface area (Å²) in [5, 5.41) is 9.86. The van der Waals surface area contributed by atoms with Gasteiger partial charge in [0.15, 0.2) is 11.6 Å². The summed E-state index contributed by atoms with van der Waals surface area (Å²) in [6.07, 6.45) is 5.54. The summed E-state index contributed by atoms with van der Waals surface area (Å²) >= 11 is 0. The van der Waals surface area contributed by atoms with Crippen LogP contribution < -0.4 is 4.74 Å². The van der Waals surface area contributed by atoms with Crippen LogP contribution in [-0.2, 0) is 0 Å². The molecule has 1 aliphatic carbocycles. The van der Waals surface area contributed by atoms with Gasteiger partial charge >= 0.3 is 0 Å². The maximum atomic E-state index is 13.5. The molecule has 1 N–H and O–H groups in total. The number of carbonyl (C=O) groups excluding carboxylic acids is 1. The lowest BCUT2D eigenvalue weighted by atomic mass is 10.0. The lowest BCUT2D eigenvalue weighted by Crippen LogP contribution is -2.20. The summed E-state index contributed by atoms with van der Waals surface area (Å²) in [6, 6.07) is 4.04. The highest BCUT2D eigenvalue weighted by Crippen LogP contribution is 2.28. The quantitative estimate of drug-likeness (QED) is 0.805. The summed E-state index contributed by atoms with van der Waals surface area (Å²) in [7, 11) is 0. The minimum Gasteiger partial charge on any atom is -0.488 e. The van der Waals surface area contributed by atoms with Gasteiger partial charge < -0.3 is 9.84 Å². The Morgan fingerprint density at radius 3 is 2.79 bits per heavy atom. The van der Waals surface area contributed by atoms with Crippen LogP contribution in [-0.4, -0.2) is 24.1 Å². The predicted molar refractivity (Wildman–Crippen MR) is 69.9 cm³/mol. The van der Waals surface area contributed by atoms with E-state index in [0.29, 0.717) is 18.6 Å². The van der Waals surface area contributed by atoms with Crippen molar-refractivity contribution in [2.45, 2.75) is 38.2 Å². The number of aliphatic hydroxyl groups excluding tert-OH is 1. The van der Waals surface area contributed by atoms with Gasteiger partial charge in [-0.1, -0.05) is 25.7 Å². The number of hydrogen-bond acceptors (Lipinski definition) is 3. The van der Waals surface area contributed by atoms with Gasteiger partial charge in [-0.2, -0.15) is 0 Å². The molecule has 0 saturated heterocycles. The minimum absolute atomic E-state index is 0.0797. The first-order valence-corrected chi connectivity index (χ1v) is 6.74. The largest absolute Gasteiger partial charge is 0.488 e. The Kier molecular flexibility index (Phi) is 4.91. The molecule has 104 valence electrons. The molecule has 19 heavy (non-hydrogen) atoms. The summed E-state index contributed by atoms with van der Waals surface area (Å²) in [4.78, 5) is 10.5. The fraction of sp³-hybridized carbons (Fsp3) is 0.533. The molecule has 3 nitrogen and oxygen atoms in total. The maximum Gasteiger partial charge on any atom is 0.165 e. The molecule has 4 heteroatoms. The molecule has 0 aromatic heterocycles. The smallest absolute Gasteiger partial charge is 0.165 e. The van der Waals surface area contributed by atoms with E-state index in [9.17, 15) is 14.3 Å². The molecule has 1 unspecified atom stereocenters. The zero-order valence-corrected chi connectivity index (χ0v) is 10.8. The van der Waals surface area contributed by atoms with Gasteiger partial charge in [0.1, 0.15) is 12.9 Å². The average Bonchev–Trinajstić information content (AvgIpc) is 2.90. The van der Waals surface area contributed by atoms with E-state index in [1.54, 1.807) is 0 Å². The van der Waals surface area contributed by atoms with Crippen LogP contribution in [0.15, 0.2) is 18.2 Å². The second-order valence-electron chi connectivity index (χ2n) is 5.16. The van der Waals surface area contributed by atoms with Gasteiger partial charge in [0.2, 0.25) is 0 Å². The Bertz CT molecular complexity index is 427. The predicted octanol–water partition coefficient (Wildman–Crippen LogP) is 2.96. The molecule has 1 aliphatic rings. The van der Waals surface area contributed by atoms with E-state index in [1.807, 2.05) is 0 Å². The third kappa shape index (κ3) is 4.03. The molecular weight excluding hydrogens is 247 g/mol. The van der Waals surface area contributed by atoms with Crippen molar-refractivity contribution in [1.29, 1.82) is 0 Å². The van der Waals surface area contributed by atoms with Crippen LogP contribution in [0.4, 0.5) is 4.39 Å². The first kappa shape index (κ1) is 14.0. The van der Waals surface area contributed by atoms with Crippen molar-refractivity contribution < 1.29 is 19.0 Å². The van der Waals surface area contributed by atoms with Gasteiger partial charge in [-0.15, -0.1) is 0 Å². The van der Waals surface area contributed by atoms with Crippen LogP contribution in [0.3, 0.4) is 0 Å². The molecule has 1 atom stereocenters. The number of carbonyl (C=O) groups is 1. The van der Waals surface area contributed by atoms with Crippen molar-refractivity contribution >= 4 is 6.29 Å². The molecule has 2 rings (SSSR count). The van der Waals surface area contributed by atoms with E-state index in [-0.39, 0.29) is 17.9 Å². The molecule has 0 aliphatic heterocycles. The number of aliphatic hydroxyl groups is 1. The van der Waals surface area contributed by atoms with Crippen LogP contribution in [0.2, 0.25) is 0 Å². The number of benzene rings is 1. The van der Waals surface area contributed by atoms with E-state index in [1.165, 1.54) is 37.8 Å². The van der Waals surface area contributed by atoms with Gasteiger partial charge in [-0.3, -0.25) is 4.79 Å². The highest BCUT2D eigenvalue weighted by molar-refractivity contribution is 5.74. The van der Waals surface area contributed by atoms with Crippen LogP contribution in [0, 0.1) is 11.7 Å². The van der Waals surface area contributed by atoms with Crippen molar-refractivity contribution in [3.63, 3.8) is 0 Å². The number of rotatable bonds is 6. The Morgan fingerprint density at radius 2 is 2.16 bits per heavy atom. The van der Waals surface area contributed by atoms with Crippen LogP contribution in [0.25, 0.3) is 0 Å². The van der Waals surface area contributed by atoms with E-state index in [4.69, 9.17) is 4.74 Å². The van der Waals surface area contributed by atoms with Gasteiger partial charge in [0.25, 0.3) is 0 Å². The summed E-state index contributed by atoms with van der Waals surface area (Å²) in [5.74, 6) is 0.0784. The lowest BCUT2D eigenvalue weighted by molar-refractivity contribution is 0.0836. The van der Waals surface area contributed by atoms with Gasteiger partial charge in [-0.25, -0.2) is 4.39 Å². The third-order valence-corrected chi connectivity index (χ3v) is 3.60. The number of aldehydes is 1. The molecule has 0 radical (unpaired) electrons. The third-order valence-electron chi connectivity index (χ3n) is 3.60. The van der Waals surface area contributed by atoms with Crippen molar-refractivity contribution in [3.05, 3.63) is 29.6 Å². The first-order chi connectivity index (χ1) is 9.19. The normalized spacial score (nSPS) is 17.4. The van der Waals surface area contributed by atoms with Gasteiger partial charge in [0, 0.05) is 5.56 Å². The van der Waals surface area contributed by atoms with Crippen LogP contribution >= 0.6 is 0 Å². The molecule has 0 amide bonds. The SMILES string of the molecule is O=Cc1ccc(OCC(O)CC2CCCC2)c(F)c1. The molecule has 1 aromatic rings. The fourth-order valence-electron chi connectivity index (χ4n) is 2.59. The number of halogens is 1. The average molecular weight is 266 g/mol. The monoisotopic (exact) mass is 266 g/mol. The topological polar surface area (TPSA) is 46.5 Å². The van der Waals surface area contributed by atoms with Crippen molar-refractivity contribution in [1.82, 2.24) is 0 Å². The van der Waals surface area contributed by atoms with Crippen LogP contribution in [0.1, 0.15) is 42.5 Å². The highest BCUT2D eigenvalue weighted by atomic mass is 19.1. The van der Waals surface area contributed by atoms with Gasteiger partial charge in [-0.05, 0) is 30.5 Å². The van der Waals surface area contributed by atoms with Gasteiger partial charge in [0.05, 0.1) is 6.10 Å². The van der Waals surface area contributed by atoms with Crippen molar-refractivity contribution in [2.24, 2.45) is 5.92 Å². The summed E-state index contributed by atoms with van der Waals surface area (Å²) in [6.45, 7) is 0.0911. The Morgan fingerprint density at radius 1 is 1.42 bits per heavy atom. The van der Waals surface area contributed by atoms with E-state index in [2.05, 4.69) is 0 Å². The maximum absolute atomic E-state index is 13.5. The number of hydrogen-bond donors (Lipinski definition) is 1. The zero-order valence-electron chi connectivity index (χ0n) is 10.8. The molecule has 0 bridgehead atoms. The van der Waals surface area contributed by atoms with E-state index >= 15 is 0 Å².